The first kappa shape index (κ1) is 18.8. The van der Waals surface area contributed by atoms with Crippen LogP contribution in [0.2, 0.25) is 0 Å². The van der Waals surface area contributed by atoms with Crippen LogP contribution >= 0.6 is 11.3 Å². The van der Waals surface area contributed by atoms with E-state index in [0.29, 0.717) is 23.8 Å². The maximum atomic E-state index is 13.0. The first-order valence-corrected chi connectivity index (χ1v) is 9.18. The number of ether oxygens (including phenoxy) is 1. The fourth-order valence-electron chi connectivity index (χ4n) is 2.42. The van der Waals surface area contributed by atoms with Gasteiger partial charge < -0.3 is 4.74 Å². The lowest BCUT2D eigenvalue weighted by Gasteiger charge is -2.09. The van der Waals surface area contributed by atoms with Crippen LogP contribution in [0.3, 0.4) is 0 Å². The molecule has 3 aromatic heterocycles. The second-order valence-electron chi connectivity index (χ2n) is 5.98. The van der Waals surface area contributed by atoms with Gasteiger partial charge in [0.2, 0.25) is 0 Å². The zero-order valence-corrected chi connectivity index (χ0v) is 15.7. The van der Waals surface area contributed by atoms with Gasteiger partial charge in [-0.15, -0.1) is 21.5 Å². The number of amides is 1. The quantitative estimate of drug-likeness (QED) is 0.514. The third-order valence-corrected chi connectivity index (χ3v) is 4.56. The average molecular weight is 417 g/mol. The molecule has 29 heavy (non-hydrogen) atoms. The number of imidazole rings is 1. The molecule has 1 aromatic carbocycles. The second-order valence-corrected chi connectivity index (χ2v) is 6.84. The van der Waals surface area contributed by atoms with Crippen molar-refractivity contribution in [3.05, 3.63) is 47.6 Å². The summed E-state index contributed by atoms with van der Waals surface area (Å²) in [7, 11) is 0. The van der Waals surface area contributed by atoms with E-state index < -0.39 is 11.8 Å². The Balaban J connectivity index is 1.56. The van der Waals surface area contributed by atoms with Crippen LogP contribution in [0.1, 0.15) is 12.6 Å². The van der Waals surface area contributed by atoms with Gasteiger partial charge in [0.25, 0.3) is 5.91 Å². The van der Waals surface area contributed by atoms with Gasteiger partial charge in [0, 0.05) is 12.3 Å². The number of carbonyl (C=O) groups is 1. The lowest BCUT2D eigenvalue weighted by molar-refractivity contribution is -0.137. The zero-order chi connectivity index (χ0) is 20.4. The van der Waals surface area contributed by atoms with Crippen molar-refractivity contribution >= 4 is 33.5 Å². The molecular weight excluding hydrogens is 404 g/mol. The predicted molar refractivity (Wildman–Crippen MR) is 100 cm³/mol. The summed E-state index contributed by atoms with van der Waals surface area (Å²) >= 11 is 1.02. The Hall–Kier alpha value is -3.54. The van der Waals surface area contributed by atoms with E-state index in [0.717, 1.165) is 17.0 Å². The molecule has 12 heteroatoms. The number of fused-ring (bicyclic) bond motifs is 1. The summed E-state index contributed by atoms with van der Waals surface area (Å²) in [5, 5.41) is 15.1. The van der Waals surface area contributed by atoms with Gasteiger partial charge in [0.1, 0.15) is 12.1 Å². The van der Waals surface area contributed by atoms with Crippen LogP contribution in [-0.2, 0) is 11.4 Å². The molecule has 3 heterocycles. The van der Waals surface area contributed by atoms with Crippen LogP contribution in [0, 0.1) is 0 Å². The number of alkyl halides is 2. The molecule has 0 aliphatic heterocycles. The summed E-state index contributed by atoms with van der Waals surface area (Å²) in [6.07, 6.45) is 1.47. The fraction of sp³-hybridized carbons (Fsp3) is 0.176. The minimum absolute atomic E-state index is 0.00585. The molecule has 0 spiro atoms. The first-order chi connectivity index (χ1) is 13.9. The Kier molecular flexibility index (Phi) is 4.84. The normalized spacial score (nSPS) is 11.6. The topological polar surface area (TPSA) is 108 Å². The zero-order valence-electron chi connectivity index (χ0n) is 14.9. The number of thiazole rings is 1. The summed E-state index contributed by atoms with van der Waals surface area (Å²) in [6.45, 7) is 0.525. The van der Waals surface area contributed by atoms with Crippen molar-refractivity contribution in [1.29, 1.82) is 0 Å². The van der Waals surface area contributed by atoms with Gasteiger partial charge in [-0.2, -0.15) is 13.8 Å². The highest BCUT2D eigenvalue weighted by Gasteiger charge is 2.32. The van der Waals surface area contributed by atoms with Crippen molar-refractivity contribution < 1.29 is 18.3 Å². The molecular formula is C17H13F2N7O2S. The number of nitrogens with one attached hydrogen (secondary N) is 1. The van der Waals surface area contributed by atoms with Crippen molar-refractivity contribution in [1.82, 2.24) is 29.9 Å². The number of rotatable bonds is 6. The molecule has 1 N–H and O–H groups in total. The number of hydrogen-bond donors (Lipinski definition) is 1. The molecule has 0 bridgehead atoms. The van der Waals surface area contributed by atoms with E-state index in [9.17, 15) is 13.6 Å². The molecule has 148 valence electrons. The van der Waals surface area contributed by atoms with E-state index in [1.54, 1.807) is 9.95 Å². The van der Waals surface area contributed by atoms with Crippen molar-refractivity contribution in [3.63, 3.8) is 0 Å². The van der Waals surface area contributed by atoms with E-state index >= 15 is 0 Å². The van der Waals surface area contributed by atoms with Crippen LogP contribution in [-0.4, -0.2) is 41.8 Å². The van der Waals surface area contributed by atoms with Gasteiger partial charge in [-0.05, 0) is 17.3 Å². The third-order valence-electron chi connectivity index (χ3n) is 3.75. The molecule has 0 radical (unpaired) electrons. The van der Waals surface area contributed by atoms with Crippen LogP contribution in [0.5, 0.6) is 6.01 Å². The van der Waals surface area contributed by atoms with Gasteiger partial charge in [-0.25, -0.2) is 9.55 Å². The molecule has 0 atom stereocenters. The van der Waals surface area contributed by atoms with E-state index in [4.69, 9.17) is 4.74 Å². The number of anilines is 1. The Morgan fingerprint density at radius 3 is 2.83 bits per heavy atom. The number of halogens is 2. The Morgan fingerprint density at radius 2 is 2.07 bits per heavy atom. The fourth-order valence-corrected chi connectivity index (χ4v) is 3.11. The number of nitrogens with zero attached hydrogens (tertiary/aromatic N) is 6. The van der Waals surface area contributed by atoms with Crippen molar-refractivity contribution in [3.8, 4) is 11.7 Å². The van der Waals surface area contributed by atoms with Crippen LogP contribution in [0.25, 0.3) is 16.9 Å². The lowest BCUT2D eigenvalue weighted by Crippen LogP contribution is -2.31. The summed E-state index contributed by atoms with van der Waals surface area (Å²) in [5.41, 5.74) is 2.18. The minimum atomic E-state index is -3.49. The summed E-state index contributed by atoms with van der Waals surface area (Å²) in [6, 6.07) is 9.56. The molecule has 0 aliphatic rings. The smallest absolute Gasteiger partial charge is 0.322 e. The van der Waals surface area contributed by atoms with Crippen molar-refractivity contribution in [2.24, 2.45) is 0 Å². The molecule has 0 saturated carbocycles. The maximum Gasteiger partial charge on any atom is 0.322 e. The number of carbonyl (C=O) groups excluding carboxylic acids is 1. The standard InChI is InChI=1S/C17H13F2N7O2S/c1-17(18,19)14(27)23-15-21-10(9-29-15)8-28-16-22-12-7-20-25-24-13(12)26(16)11-5-3-2-4-6-11/h2-7,9H,8H2,1H3,(H,21,23,27). The Bertz CT molecular complexity index is 1160. The van der Waals surface area contributed by atoms with Crippen LogP contribution in [0.4, 0.5) is 13.9 Å². The van der Waals surface area contributed by atoms with Gasteiger partial charge in [0.15, 0.2) is 10.8 Å². The van der Waals surface area contributed by atoms with E-state index in [-0.39, 0.29) is 17.7 Å². The molecule has 4 aromatic rings. The molecule has 4 rings (SSSR count). The largest absolute Gasteiger partial charge is 0.458 e. The number of hydrogen-bond acceptors (Lipinski definition) is 8. The van der Waals surface area contributed by atoms with E-state index in [1.807, 2.05) is 30.3 Å². The van der Waals surface area contributed by atoms with E-state index in [2.05, 4.69) is 30.7 Å². The maximum absolute atomic E-state index is 13.0. The van der Waals surface area contributed by atoms with Crippen LogP contribution < -0.4 is 10.1 Å². The Morgan fingerprint density at radius 1 is 1.28 bits per heavy atom. The van der Waals surface area contributed by atoms with Gasteiger partial charge in [-0.1, -0.05) is 18.2 Å². The van der Waals surface area contributed by atoms with Crippen molar-refractivity contribution in [2.75, 3.05) is 5.32 Å². The van der Waals surface area contributed by atoms with E-state index in [1.165, 1.54) is 6.20 Å². The molecule has 0 saturated heterocycles. The van der Waals surface area contributed by atoms with Crippen LogP contribution in [0.15, 0.2) is 41.9 Å². The highest BCUT2D eigenvalue weighted by molar-refractivity contribution is 7.13. The summed E-state index contributed by atoms with van der Waals surface area (Å²) < 4.78 is 33.5. The molecule has 0 unspecified atom stereocenters. The second kappa shape index (κ2) is 7.47. The Labute approximate surface area is 166 Å². The number of aromatic nitrogens is 6. The predicted octanol–water partition coefficient (Wildman–Crippen LogP) is 2.84. The molecule has 0 fully saturated rings. The highest BCUT2D eigenvalue weighted by atomic mass is 32.1. The van der Waals surface area contributed by atoms with Gasteiger partial charge in [0.05, 0.1) is 17.6 Å². The molecule has 1 amide bonds. The average Bonchev–Trinajstić information content (AvgIpc) is 3.30. The van der Waals surface area contributed by atoms with Gasteiger partial charge in [-0.3, -0.25) is 10.1 Å². The number of benzene rings is 1. The molecule has 0 aliphatic carbocycles. The molecule has 9 nitrogen and oxygen atoms in total. The monoisotopic (exact) mass is 417 g/mol. The SMILES string of the molecule is CC(F)(F)C(=O)Nc1nc(COc2nc3cnnnc3n2-c2ccccc2)cs1. The summed E-state index contributed by atoms with van der Waals surface area (Å²) in [5.74, 6) is -4.91. The van der Waals surface area contributed by atoms with Gasteiger partial charge >= 0.3 is 11.9 Å². The number of para-hydroxylation sites is 1. The third kappa shape index (κ3) is 4.01. The highest BCUT2D eigenvalue weighted by Crippen LogP contribution is 2.25. The lowest BCUT2D eigenvalue weighted by atomic mass is 10.3. The summed E-state index contributed by atoms with van der Waals surface area (Å²) in [4.78, 5) is 19.8. The first-order valence-electron chi connectivity index (χ1n) is 8.30. The minimum Gasteiger partial charge on any atom is -0.458 e. The van der Waals surface area contributed by atoms with Crippen molar-refractivity contribution in [2.45, 2.75) is 19.5 Å².